The summed E-state index contributed by atoms with van der Waals surface area (Å²) in [5.41, 5.74) is 3.07. The first kappa shape index (κ1) is 22.4. The molecule has 0 atom stereocenters. The molecule has 0 amide bonds. The number of rotatable bonds is 5. The predicted molar refractivity (Wildman–Crippen MR) is 130 cm³/mol. The van der Waals surface area contributed by atoms with E-state index in [4.69, 9.17) is 27.9 Å². The average molecular weight is 617 g/mol. The van der Waals surface area contributed by atoms with Crippen molar-refractivity contribution in [3.8, 4) is 11.8 Å². The molecule has 0 unspecified atom stereocenters. The Morgan fingerprint density at radius 3 is 2.17 bits per heavy atom. The van der Waals surface area contributed by atoms with E-state index in [-0.39, 0.29) is 0 Å². The first-order valence-corrected chi connectivity index (χ1v) is 11.4. The van der Waals surface area contributed by atoms with Crippen molar-refractivity contribution < 1.29 is 4.74 Å². The fourth-order valence-electron chi connectivity index (χ4n) is 2.55. The molecule has 0 aromatic heterocycles. The zero-order valence-corrected chi connectivity index (χ0v) is 21.0. The van der Waals surface area contributed by atoms with Crippen molar-refractivity contribution in [1.29, 1.82) is 5.26 Å². The molecule has 0 fully saturated rings. The van der Waals surface area contributed by atoms with Crippen molar-refractivity contribution >= 4 is 82.6 Å². The summed E-state index contributed by atoms with van der Waals surface area (Å²) in [7, 11) is 0. The number of nitrogens with zero attached hydrogens (tertiary/aromatic N) is 1. The van der Waals surface area contributed by atoms with Crippen LogP contribution in [-0.2, 0) is 6.61 Å². The van der Waals surface area contributed by atoms with Crippen molar-refractivity contribution in [3.05, 3.63) is 94.8 Å². The lowest BCUT2D eigenvalue weighted by atomic mass is 10.0. The van der Waals surface area contributed by atoms with Crippen molar-refractivity contribution in [2.75, 3.05) is 0 Å². The Kier molecular flexibility index (Phi) is 7.84. The van der Waals surface area contributed by atoms with Gasteiger partial charge in [0.1, 0.15) is 12.4 Å². The molecule has 146 valence electrons. The van der Waals surface area contributed by atoms with Gasteiger partial charge in [-0.3, -0.25) is 0 Å². The van der Waals surface area contributed by atoms with Crippen LogP contribution >= 0.6 is 71.0 Å². The minimum Gasteiger partial charge on any atom is -0.487 e. The van der Waals surface area contributed by atoms with E-state index < -0.39 is 0 Å². The maximum atomic E-state index is 9.58. The summed E-state index contributed by atoms with van der Waals surface area (Å²) in [5.74, 6) is 0.693. The standard InChI is InChI=1S/C22H12Br3Cl2NO/c23-17-4-1-13(2-5-17)12-29-22-18(24)8-14(9-19(22)25)7-16(11-28)15-3-6-20(26)21(27)10-15/h1-10H,12H2/b16-7-. The minimum atomic E-state index is 0.407. The number of benzene rings is 3. The molecule has 0 saturated carbocycles. The monoisotopic (exact) mass is 613 g/mol. The van der Waals surface area contributed by atoms with Gasteiger partial charge in [-0.25, -0.2) is 0 Å². The second-order valence-corrected chi connectivity index (χ2v) is 9.47. The zero-order chi connectivity index (χ0) is 21.0. The van der Waals surface area contributed by atoms with E-state index in [1.165, 1.54) is 0 Å². The Bertz CT molecular complexity index is 1100. The molecular formula is C22H12Br3Cl2NO. The van der Waals surface area contributed by atoms with Crippen LogP contribution in [0.3, 0.4) is 0 Å². The molecule has 7 heteroatoms. The highest BCUT2D eigenvalue weighted by Crippen LogP contribution is 2.36. The van der Waals surface area contributed by atoms with Gasteiger partial charge in [0.05, 0.1) is 30.6 Å². The number of hydrogen-bond acceptors (Lipinski definition) is 2. The molecule has 3 aromatic rings. The molecule has 0 spiro atoms. The molecule has 3 aromatic carbocycles. The molecule has 0 N–H and O–H groups in total. The highest BCUT2D eigenvalue weighted by molar-refractivity contribution is 9.11. The van der Waals surface area contributed by atoms with Gasteiger partial charge in [0.2, 0.25) is 0 Å². The fraction of sp³-hybridized carbons (Fsp3) is 0.0455. The highest BCUT2D eigenvalue weighted by atomic mass is 79.9. The van der Waals surface area contributed by atoms with Crippen molar-refractivity contribution in [1.82, 2.24) is 0 Å². The summed E-state index contributed by atoms with van der Waals surface area (Å²) in [6, 6.07) is 19.1. The summed E-state index contributed by atoms with van der Waals surface area (Å²) < 4.78 is 8.55. The van der Waals surface area contributed by atoms with Gasteiger partial charge in [-0.1, -0.05) is 57.3 Å². The molecule has 29 heavy (non-hydrogen) atoms. The van der Waals surface area contributed by atoms with Gasteiger partial charge < -0.3 is 4.74 Å². The predicted octanol–water partition coefficient (Wildman–Crippen LogP) is 8.92. The van der Waals surface area contributed by atoms with Gasteiger partial charge in [0.25, 0.3) is 0 Å². The number of allylic oxidation sites excluding steroid dienone is 1. The number of halogens is 5. The Morgan fingerprint density at radius 1 is 0.931 bits per heavy atom. The Labute approximate surface area is 204 Å². The summed E-state index contributed by atoms with van der Waals surface area (Å²) in [5, 5.41) is 10.4. The van der Waals surface area contributed by atoms with E-state index in [9.17, 15) is 5.26 Å². The van der Waals surface area contributed by atoms with Crippen LogP contribution < -0.4 is 4.74 Å². The number of hydrogen-bond donors (Lipinski definition) is 0. The van der Waals surface area contributed by atoms with Gasteiger partial charge in [0.15, 0.2) is 0 Å². The third-order valence-corrected chi connectivity index (χ3v) is 6.42. The fourth-order valence-corrected chi connectivity index (χ4v) is 4.56. The van der Waals surface area contributed by atoms with Crippen LogP contribution in [0.4, 0.5) is 0 Å². The molecule has 0 bridgehead atoms. The number of ether oxygens (including phenoxy) is 1. The SMILES string of the molecule is N#C/C(=C/c1cc(Br)c(OCc2ccc(Br)cc2)c(Br)c1)c1ccc(Cl)c(Cl)c1. The van der Waals surface area contributed by atoms with Crippen LogP contribution in [0.1, 0.15) is 16.7 Å². The van der Waals surface area contributed by atoms with E-state index in [1.54, 1.807) is 24.3 Å². The van der Waals surface area contributed by atoms with Crippen LogP contribution in [0.25, 0.3) is 11.6 Å². The van der Waals surface area contributed by atoms with Crippen molar-refractivity contribution in [2.24, 2.45) is 0 Å². The molecule has 0 aliphatic carbocycles. The van der Waals surface area contributed by atoms with E-state index in [1.807, 2.05) is 36.4 Å². The van der Waals surface area contributed by atoms with E-state index in [0.29, 0.717) is 33.5 Å². The molecule has 0 heterocycles. The van der Waals surface area contributed by atoms with Gasteiger partial charge >= 0.3 is 0 Å². The minimum absolute atomic E-state index is 0.407. The molecule has 0 aliphatic rings. The van der Waals surface area contributed by atoms with Crippen LogP contribution in [0.15, 0.2) is 68.0 Å². The first-order chi connectivity index (χ1) is 13.9. The van der Waals surface area contributed by atoms with E-state index >= 15 is 0 Å². The third kappa shape index (κ3) is 5.87. The van der Waals surface area contributed by atoms with E-state index in [0.717, 1.165) is 24.5 Å². The molecule has 3 rings (SSSR count). The van der Waals surface area contributed by atoms with Crippen LogP contribution in [-0.4, -0.2) is 0 Å². The Hall–Kier alpha value is -1.29. The average Bonchev–Trinajstić information content (AvgIpc) is 2.69. The molecule has 2 nitrogen and oxygen atoms in total. The second kappa shape index (κ2) is 10.1. The Balaban J connectivity index is 1.85. The second-order valence-electron chi connectivity index (χ2n) is 6.03. The quantitative estimate of drug-likeness (QED) is 0.212. The smallest absolute Gasteiger partial charge is 0.148 e. The largest absolute Gasteiger partial charge is 0.487 e. The van der Waals surface area contributed by atoms with Crippen LogP contribution in [0.5, 0.6) is 5.75 Å². The van der Waals surface area contributed by atoms with Gasteiger partial charge in [-0.05, 0) is 91.0 Å². The Morgan fingerprint density at radius 2 is 1.59 bits per heavy atom. The zero-order valence-electron chi connectivity index (χ0n) is 14.7. The third-order valence-electron chi connectivity index (χ3n) is 3.98. The molecular weight excluding hydrogens is 605 g/mol. The topological polar surface area (TPSA) is 33.0 Å². The number of nitriles is 1. The van der Waals surface area contributed by atoms with E-state index in [2.05, 4.69) is 53.9 Å². The molecule has 0 saturated heterocycles. The lowest BCUT2D eigenvalue weighted by Crippen LogP contribution is -1.97. The van der Waals surface area contributed by atoms with Gasteiger partial charge in [-0.15, -0.1) is 0 Å². The van der Waals surface area contributed by atoms with Crippen LogP contribution in [0.2, 0.25) is 10.0 Å². The van der Waals surface area contributed by atoms with Gasteiger partial charge in [0, 0.05) is 4.47 Å². The molecule has 0 radical (unpaired) electrons. The maximum Gasteiger partial charge on any atom is 0.148 e. The van der Waals surface area contributed by atoms with Crippen molar-refractivity contribution in [2.45, 2.75) is 6.61 Å². The normalized spacial score (nSPS) is 11.2. The summed E-state index contributed by atoms with van der Waals surface area (Å²) >= 11 is 22.6. The summed E-state index contributed by atoms with van der Waals surface area (Å²) in [4.78, 5) is 0. The lowest BCUT2D eigenvalue weighted by Gasteiger charge is -2.12. The highest BCUT2D eigenvalue weighted by Gasteiger charge is 2.11. The summed E-state index contributed by atoms with van der Waals surface area (Å²) in [6.45, 7) is 0.437. The first-order valence-electron chi connectivity index (χ1n) is 8.31. The van der Waals surface area contributed by atoms with Gasteiger partial charge in [-0.2, -0.15) is 5.26 Å². The lowest BCUT2D eigenvalue weighted by molar-refractivity contribution is 0.302. The van der Waals surface area contributed by atoms with Crippen LogP contribution in [0, 0.1) is 11.3 Å². The van der Waals surface area contributed by atoms with Crippen molar-refractivity contribution in [3.63, 3.8) is 0 Å². The molecule has 0 aliphatic heterocycles. The maximum absolute atomic E-state index is 9.58. The summed E-state index contributed by atoms with van der Waals surface area (Å²) in [6.07, 6.45) is 1.79.